The van der Waals surface area contributed by atoms with Crippen LogP contribution in [0.4, 0.5) is 0 Å². The van der Waals surface area contributed by atoms with Gasteiger partial charge in [0.2, 0.25) is 0 Å². The van der Waals surface area contributed by atoms with Crippen molar-refractivity contribution in [3.8, 4) is 0 Å². The highest BCUT2D eigenvalue weighted by atomic mass is 16.3. The summed E-state index contributed by atoms with van der Waals surface area (Å²) in [5.74, 6) is 0.861. The SMILES string of the molecule is C/C(=C\c1ccco1)C(C)N. The number of furan rings is 1. The maximum atomic E-state index is 5.64. The van der Waals surface area contributed by atoms with Crippen LogP contribution in [0.25, 0.3) is 6.08 Å². The standard InChI is InChI=1S/C9H13NO/c1-7(8(2)10)6-9-4-3-5-11-9/h3-6,8H,10H2,1-2H3/b7-6+. The maximum absolute atomic E-state index is 5.64. The van der Waals surface area contributed by atoms with E-state index in [9.17, 15) is 0 Å². The van der Waals surface area contributed by atoms with E-state index in [1.165, 1.54) is 0 Å². The molecule has 0 amide bonds. The molecule has 60 valence electrons. The van der Waals surface area contributed by atoms with Crippen LogP contribution in [-0.2, 0) is 0 Å². The van der Waals surface area contributed by atoms with Crippen molar-refractivity contribution < 1.29 is 4.42 Å². The van der Waals surface area contributed by atoms with Gasteiger partial charge in [0, 0.05) is 6.04 Å². The highest BCUT2D eigenvalue weighted by Crippen LogP contribution is 2.08. The Hall–Kier alpha value is -1.02. The second kappa shape index (κ2) is 3.39. The molecule has 1 heterocycles. The van der Waals surface area contributed by atoms with Crippen LogP contribution in [0.3, 0.4) is 0 Å². The minimum Gasteiger partial charge on any atom is -0.465 e. The molecule has 0 aliphatic carbocycles. The van der Waals surface area contributed by atoms with Crippen LogP contribution in [0.5, 0.6) is 0 Å². The molecule has 0 aliphatic heterocycles. The summed E-state index contributed by atoms with van der Waals surface area (Å²) >= 11 is 0. The van der Waals surface area contributed by atoms with E-state index in [4.69, 9.17) is 10.2 Å². The molecule has 2 nitrogen and oxygen atoms in total. The molecule has 0 spiro atoms. The van der Waals surface area contributed by atoms with Crippen LogP contribution in [0, 0.1) is 0 Å². The largest absolute Gasteiger partial charge is 0.465 e. The zero-order valence-electron chi connectivity index (χ0n) is 6.87. The molecule has 0 aliphatic rings. The van der Waals surface area contributed by atoms with Crippen LogP contribution in [0.15, 0.2) is 28.4 Å². The summed E-state index contributed by atoms with van der Waals surface area (Å²) in [7, 11) is 0. The molecule has 0 aromatic carbocycles. The Labute approximate surface area is 66.7 Å². The van der Waals surface area contributed by atoms with Crippen LogP contribution >= 0.6 is 0 Å². The molecule has 1 aromatic rings. The predicted octanol–water partition coefficient (Wildman–Crippen LogP) is 2.03. The first-order valence-corrected chi connectivity index (χ1v) is 3.67. The average molecular weight is 151 g/mol. The van der Waals surface area contributed by atoms with Gasteiger partial charge in [-0.2, -0.15) is 0 Å². The van der Waals surface area contributed by atoms with Gasteiger partial charge in [-0.1, -0.05) is 5.57 Å². The third-order valence-corrected chi connectivity index (χ3v) is 1.63. The van der Waals surface area contributed by atoms with Crippen LogP contribution in [-0.4, -0.2) is 6.04 Å². The van der Waals surface area contributed by atoms with Crippen LogP contribution < -0.4 is 5.73 Å². The Kier molecular flexibility index (Phi) is 2.49. The lowest BCUT2D eigenvalue weighted by Gasteiger charge is -2.02. The molecule has 0 saturated heterocycles. The quantitative estimate of drug-likeness (QED) is 0.702. The van der Waals surface area contributed by atoms with Crippen molar-refractivity contribution in [3.63, 3.8) is 0 Å². The number of rotatable bonds is 2. The van der Waals surface area contributed by atoms with E-state index in [0.717, 1.165) is 11.3 Å². The third kappa shape index (κ3) is 2.24. The third-order valence-electron chi connectivity index (χ3n) is 1.63. The Morgan fingerprint density at radius 2 is 2.45 bits per heavy atom. The van der Waals surface area contributed by atoms with Crippen LogP contribution in [0.1, 0.15) is 19.6 Å². The van der Waals surface area contributed by atoms with Crippen molar-refractivity contribution in [2.45, 2.75) is 19.9 Å². The Morgan fingerprint density at radius 1 is 1.73 bits per heavy atom. The normalized spacial score (nSPS) is 15.0. The number of nitrogens with two attached hydrogens (primary N) is 1. The molecule has 11 heavy (non-hydrogen) atoms. The number of hydrogen-bond donors (Lipinski definition) is 1. The smallest absolute Gasteiger partial charge is 0.126 e. The summed E-state index contributed by atoms with van der Waals surface area (Å²) in [6, 6.07) is 3.87. The second-order valence-electron chi connectivity index (χ2n) is 2.69. The van der Waals surface area contributed by atoms with Gasteiger partial charge in [0.05, 0.1) is 6.26 Å². The summed E-state index contributed by atoms with van der Waals surface area (Å²) in [5.41, 5.74) is 6.77. The second-order valence-corrected chi connectivity index (χ2v) is 2.69. The Morgan fingerprint density at radius 3 is 2.91 bits per heavy atom. The van der Waals surface area contributed by atoms with Crippen molar-refractivity contribution in [3.05, 3.63) is 29.7 Å². The van der Waals surface area contributed by atoms with E-state index in [1.807, 2.05) is 32.1 Å². The molecule has 0 fully saturated rings. The van der Waals surface area contributed by atoms with Gasteiger partial charge in [-0.25, -0.2) is 0 Å². The van der Waals surface area contributed by atoms with E-state index in [-0.39, 0.29) is 6.04 Å². The molecule has 1 unspecified atom stereocenters. The summed E-state index contributed by atoms with van der Waals surface area (Å²) in [6.07, 6.45) is 3.60. The van der Waals surface area contributed by atoms with Gasteiger partial charge in [-0.05, 0) is 32.1 Å². The van der Waals surface area contributed by atoms with Crippen molar-refractivity contribution in [1.82, 2.24) is 0 Å². The number of hydrogen-bond acceptors (Lipinski definition) is 2. The molecular formula is C9H13NO. The fraction of sp³-hybridized carbons (Fsp3) is 0.333. The summed E-state index contributed by atoms with van der Waals surface area (Å²) in [6.45, 7) is 3.95. The zero-order valence-corrected chi connectivity index (χ0v) is 6.87. The lowest BCUT2D eigenvalue weighted by Crippen LogP contribution is -2.15. The van der Waals surface area contributed by atoms with Crippen molar-refractivity contribution in [1.29, 1.82) is 0 Å². The van der Waals surface area contributed by atoms with E-state index in [2.05, 4.69) is 0 Å². The van der Waals surface area contributed by atoms with E-state index in [1.54, 1.807) is 6.26 Å². The van der Waals surface area contributed by atoms with E-state index >= 15 is 0 Å². The molecule has 1 aromatic heterocycles. The maximum Gasteiger partial charge on any atom is 0.126 e. The summed E-state index contributed by atoms with van der Waals surface area (Å²) in [5, 5.41) is 0. The lowest BCUT2D eigenvalue weighted by molar-refractivity contribution is 0.556. The molecular weight excluding hydrogens is 138 g/mol. The molecule has 0 saturated carbocycles. The zero-order chi connectivity index (χ0) is 8.27. The van der Waals surface area contributed by atoms with E-state index in [0.29, 0.717) is 0 Å². The fourth-order valence-corrected chi connectivity index (χ4v) is 0.729. The first-order chi connectivity index (χ1) is 5.20. The summed E-state index contributed by atoms with van der Waals surface area (Å²) in [4.78, 5) is 0. The van der Waals surface area contributed by atoms with Gasteiger partial charge < -0.3 is 10.2 Å². The Balaban J connectivity index is 2.74. The molecule has 2 heteroatoms. The van der Waals surface area contributed by atoms with Gasteiger partial charge in [-0.15, -0.1) is 0 Å². The molecule has 2 N–H and O–H groups in total. The molecule has 1 rings (SSSR count). The fourth-order valence-electron chi connectivity index (χ4n) is 0.729. The van der Waals surface area contributed by atoms with Gasteiger partial charge >= 0.3 is 0 Å². The van der Waals surface area contributed by atoms with Crippen molar-refractivity contribution in [2.75, 3.05) is 0 Å². The topological polar surface area (TPSA) is 39.2 Å². The predicted molar refractivity (Wildman–Crippen MR) is 46.0 cm³/mol. The lowest BCUT2D eigenvalue weighted by atomic mass is 10.1. The van der Waals surface area contributed by atoms with Gasteiger partial charge in [0.25, 0.3) is 0 Å². The minimum atomic E-state index is 0.0973. The molecule has 1 atom stereocenters. The highest BCUT2D eigenvalue weighted by molar-refractivity contribution is 5.47. The Bertz CT molecular complexity index is 234. The van der Waals surface area contributed by atoms with Gasteiger partial charge in [-0.3, -0.25) is 0 Å². The first kappa shape index (κ1) is 8.08. The molecule has 0 bridgehead atoms. The van der Waals surface area contributed by atoms with E-state index < -0.39 is 0 Å². The van der Waals surface area contributed by atoms with Crippen molar-refractivity contribution in [2.24, 2.45) is 5.73 Å². The molecule has 0 radical (unpaired) electrons. The highest BCUT2D eigenvalue weighted by Gasteiger charge is 1.97. The van der Waals surface area contributed by atoms with Gasteiger partial charge in [0.1, 0.15) is 5.76 Å². The summed E-state index contributed by atoms with van der Waals surface area (Å²) < 4.78 is 5.12. The van der Waals surface area contributed by atoms with Crippen molar-refractivity contribution >= 4 is 6.08 Å². The van der Waals surface area contributed by atoms with Gasteiger partial charge in [0.15, 0.2) is 0 Å². The van der Waals surface area contributed by atoms with Crippen LogP contribution in [0.2, 0.25) is 0 Å². The minimum absolute atomic E-state index is 0.0973. The monoisotopic (exact) mass is 151 g/mol. The average Bonchev–Trinajstić information content (AvgIpc) is 2.39. The first-order valence-electron chi connectivity index (χ1n) is 3.67.